The molecule has 6 heteroatoms. The van der Waals surface area contributed by atoms with Crippen molar-refractivity contribution in [3.8, 4) is 0 Å². The van der Waals surface area contributed by atoms with Crippen molar-refractivity contribution < 1.29 is 14.7 Å². The second-order valence-corrected chi connectivity index (χ2v) is 5.86. The van der Waals surface area contributed by atoms with Crippen molar-refractivity contribution >= 4 is 29.3 Å². The van der Waals surface area contributed by atoms with E-state index in [0.717, 1.165) is 32.4 Å². The molecule has 1 aromatic carbocycles. The van der Waals surface area contributed by atoms with Gasteiger partial charge in [0, 0.05) is 13.1 Å². The Bertz CT molecular complexity index is 548. The van der Waals surface area contributed by atoms with Crippen LogP contribution in [-0.4, -0.2) is 35.1 Å². The van der Waals surface area contributed by atoms with Crippen LogP contribution in [0.3, 0.4) is 0 Å². The third-order valence-corrected chi connectivity index (χ3v) is 4.07. The zero-order chi connectivity index (χ0) is 15.4. The van der Waals surface area contributed by atoms with Crippen molar-refractivity contribution in [1.82, 2.24) is 4.90 Å². The summed E-state index contributed by atoms with van der Waals surface area (Å²) >= 11 is 6.02. The minimum Gasteiger partial charge on any atom is -0.478 e. The number of urea groups is 1. The molecule has 1 saturated heterocycles. The fourth-order valence-electron chi connectivity index (χ4n) is 2.41. The number of carboxylic acid groups (broad SMARTS) is 1. The number of aromatic carboxylic acids is 1. The summed E-state index contributed by atoms with van der Waals surface area (Å²) in [5, 5.41) is 11.9. The zero-order valence-corrected chi connectivity index (χ0v) is 12.7. The minimum absolute atomic E-state index is 0.0987. The summed E-state index contributed by atoms with van der Waals surface area (Å²) in [5.74, 6) is -0.405. The number of likely N-dealkylation sites (tertiary alicyclic amines) is 1. The van der Waals surface area contributed by atoms with Crippen molar-refractivity contribution in [2.45, 2.75) is 26.2 Å². The molecular weight excluding hydrogens is 292 g/mol. The highest BCUT2D eigenvalue weighted by molar-refractivity contribution is 6.34. The van der Waals surface area contributed by atoms with Gasteiger partial charge < -0.3 is 15.3 Å². The Kier molecular flexibility index (Phi) is 5.07. The molecule has 1 atom stereocenters. The van der Waals surface area contributed by atoms with Gasteiger partial charge in [-0.2, -0.15) is 0 Å². The van der Waals surface area contributed by atoms with E-state index in [1.54, 1.807) is 4.90 Å². The van der Waals surface area contributed by atoms with Crippen LogP contribution >= 0.6 is 11.6 Å². The lowest BCUT2D eigenvalue weighted by molar-refractivity contribution is 0.0697. The maximum atomic E-state index is 12.2. The van der Waals surface area contributed by atoms with E-state index in [1.807, 2.05) is 0 Å². The third-order valence-electron chi connectivity index (χ3n) is 3.76. The third kappa shape index (κ3) is 4.11. The van der Waals surface area contributed by atoms with E-state index >= 15 is 0 Å². The number of amides is 2. The van der Waals surface area contributed by atoms with Crippen LogP contribution < -0.4 is 5.32 Å². The van der Waals surface area contributed by atoms with Crippen LogP contribution in [0, 0.1) is 5.92 Å². The van der Waals surface area contributed by atoms with Gasteiger partial charge in [-0.3, -0.25) is 0 Å². The Morgan fingerprint density at radius 3 is 2.76 bits per heavy atom. The lowest BCUT2D eigenvalue weighted by Crippen LogP contribution is -2.35. The molecule has 1 aliphatic rings. The highest BCUT2D eigenvalue weighted by Gasteiger charge is 2.19. The summed E-state index contributed by atoms with van der Waals surface area (Å²) in [6, 6.07) is 4.09. The molecule has 0 bridgehead atoms. The maximum Gasteiger partial charge on any atom is 0.335 e. The van der Waals surface area contributed by atoms with Crippen LogP contribution in [0.2, 0.25) is 5.02 Å². The minimum atomic E-state index is -1.05. The smallest absolute Gasteiger partial charge is 0.335 e. The number of anilines is 1. The van der Waals surface area contributed by atoms with Gasteiger partial charge in [0.15, 0.2) is 0 Å². The summed E-state index contributed by atoms with van der Waals surface area (Å²) < 4.78 is 0. The van der Waals surface area contributed by atoms with Crippen LogP contribution in [0.25, 0.3) is 0 Å². The number of nitrogens with zero attached hydrogens (tertiary/aromatic N) is 1. The maximum absolute atomic E-state index is 12.2. The number of hydrogen-bond acceptors (Lipinski definition) is 2. The van der Waals surface area contributed by atoms with Crippen molar-refractivity contribution in [3.05, 3.63) is 28.8 Å². The second kappa shape index (κ2) is 6.80. The monoisotopic (exact) mass is 310 g/mol. The first-order valence-electron chi connectivity index (χ1n) is 7.06. The second-order valence-electron chi connectivity index (χ2n) is 5.45. The van der Waals surface area contributed by atoms with Crippen LogP contribution in [-0.2, 0) is 0 Å². The van der Waals surface area contributed by atoms with E-state index in [1.165, 1.54) is 18.2 Å². The summed E-state index contributed by atoms with van der Waals surface area (Å²) in [6.07, 6.45) is 3.14. The van der Waals surface area contributed by atoms with Crippen molar-refractivity contribution in [3.63, 3.8) is 0 Å². The SMILES string of the molecule is CC1CCCN(C(=O)Nc2ccc(C(=O)O)cc2Cl)CC1. The molecule has 1 heterocycles. The molecule has 2 N–H and O–H groups in total. The van der Waals surface area contributed by atoms with Gasteiger partial charge >= 0.3 is 12.0 Å². The summed E-state index contributed by atoms with van der Waals surface area (Å²) in [7, 11) is 0. The van der Waals surface area contributed by atoms with E-state index in [0.29, 0.717) is 11.6 Å². The van der Waals surface area contributed by atoms with E-state index in [-0.39, 0.29) is 16.6 Å². The number of nitrogens with one attached hydrogen (secondary N) is 1. The number of benzene rings is 1. The normalized spacial score (nSPS) is 19.0. The molecule has 21 heavy (non-hydrogen) atoms. The van der Waals surface area contributed by atoms with Crippen molar-refractivity contribution in [1.29, 1.82) is 0 Å². The number of rotatable bonds is 2. The molecule has 0 saturated carbocycles. The Morgan fingerprint density at radius 2 is 2.10 bits per heavy atom. The van der Waals surface area contributed by atoms with Gasteiger partial charge in [0.25, 0.3) is 0 Å². The van der Waals surface area contributed by atoms with Gasteiger partial charge in [0.2, 0.25) is 0 Å². The molecule has 1 aliphatic heterocycles. The summed E-state index contributed by atoms with van der Waals surface area (Å²) in [4.78, 5) is 24.9. The van der Waals surface area contributed by atoms with Crippen LogP contribution in [0.15, 0.2) is 18.2 Å². The summed E-state index contributed by atoms with van der Waals surface area (Å²) in [6.45, 7) is 3.67. The largest absolute Gasteiger partial charge is 0.478 e. The number of carboxylic acids is 1. The Morgan fingerprint density at radius 1 is 1.33 bits per heavy atom. The highest BCUT2D eigenvalue weighted by atomic mass is 35.5. The molecular formula is C15H19ClN2O3. The fraction of sp³-hybridized carbons (Fsp3) is 0.467. The Hall–Kier alpha value is -1.75. The highest BCUT2D eigenvalue weighted by Crippen LogP contribution is 2.24. The molecule has 0 radical (unpaired) electrons. The average Bonchev–Trinajstić information content (AvgIpc) is 2.65. The average molecular weight is 311 g/mol. The van der Waals surface area contributed by atoms with E-state index in [4.69, 9.17) is 16.7 Å². The van der Waals surface area contributed by atoms with Crippen molar-refractivity contribution in [2.75, 3.05) is 18.4 Å². The molecule has 1 aromatic rings. The number of hydrogen-bond donors (Lipinski definition) is 2. The van der Waals surface area contributed by atoms with Gasteiger partial charge in [-0.25, -0.2) is 9.59 Å². The molecule has 1 fully saturated rings. The topological polar surface area (TPSA) is 69.6 Å². The molecule has 0 aromatic heterocycles. The molecule has 2 rings (SSSR count). The molecule has 1 unspecified atom stereocenters. The Labute approximate surface area is 128 Å². The molecule has 0 aliphatic carbocycles. The molecule has 2 amide bonds. The molecule has 5 nitrogen and oxygen atoms in total. The molecule has 0 spiro atoms. The standard InChI is InChI=1S/C15H19ClN2O3/c1-10-3-2-7-18(8-6-10)15(21)17-13-5-4-11(14(19)20)9-12(13)16/h4-5,9-10H,2-3,6-8H2,1H3,(H,17,21)(H,19,20). The van der Waals surface area contributed by atoms with Crippen molar-refractivity contribution in [2.24, 2.45) is 5.92 Å². The lowest BCUT2D eigenvalue weighted by Gasteiger charge is -2.21. The van der Waals surface area contributed by atoms with Crippen LogP contribution in [0.4, 0.5) is 10.5 Å². The number of carbonyl (C=O) groups is 2. The first-order valence-corrected chi connectivity index (χ1v) is 7.44. The van der Waals surface area contributed by atoms with E-state index < -0.39 is 5.97 Å². The lowest BCUT2D eigenvalue weighted by atomic mass is 10.0. The Balaban J connectivity index is 2.03. The zero-order valence-electron chi connectivity index (χ0n) is 11.9. The summed E-state index contributed by atoms with van der Waals surface area (Å²) in [5.41, 5.74) is 0.533. The molecule has 114 valence electrons. The first-order chi connectivity index (χ1) is 9.97. The van der Waals surface area contributed by atoms with Gasteiger partial charge in [0.05, 0.1) is 16.3 Å². The van der Waals surface area contributed by atoms with Crippen LogP contribution in [0.1, 0.15) is 36.5 Å². The first kappa shape index (κ1) is 15.6. The van der Waals surface area contributed by atoms with Gasteiger partial charge in [0.1, 0.15) is 0 Å². The predicted molar refractivity (Wildman–Crippen MR) is 82.0 cm³/mol. The number of carbonyl (C=O) groups excluding carboxylic acids is 1. The van der Waals surface area contributed by atoms with Gasteiger partial charge in [-0.15, -0.1) is 0 Å². The predicted octanol–water partition coefficient (Wildman–Crippen LogP) is 3.69. The van der Waals surface area contributed by atoms with E-state index in [9.17, 15) is 9.59 Å². The quantitative estimate of drug-likeness (QED) is 0.875. The van der Waals surface area contributed by atoms with E-state index in [2.05, 4.69) is 12.2 Å². The van der Waals surface area contributed by atoms with Gasteiger partial charge in [-0.05, 0) is 43.4 Å². The van der Waals surface area contributed by atoms with Crippen LogP contribution in [0.5, 0.6) is 0 Å². The number of halogens is 1. The van der Waals surface area contributed by atoms with Gasteiger partial charge in [-0.1, -0.05) is 18.5 Å². The fourth-order valence-corrected chi connectivity index (χ4v) is 2.64.